The van der Waals surface area contributed by atoms with Crippen LogP contribution in [0.4, 0.5) is 0 Å². The normalized spacial score (nSPS) is 14.9. The number of fused-ring (bicyclic) bond motifs is 3. The summed E-state index contributed by atoms with van der Waals surface area (Å²) in [4.78, 5) is 0. The topological polar surface area (TPSA) is 0 Å². The van der Waals surface area contributed by atoms with Gasteiger partial charge >= 0.3 is 37.6 Å². The van der Waals surface area contributed by atoms with Gasteiger partial charge in [-0.25, -0.2) is 5.57 Å². The second-order valence-corrected chi connectivity index (χ2v) is 8.68. The minimum atomic E-state index is 0. The van der Waals surface area contributed by atoms with Crippen molar-refractivity contribution in [1.82, 2.24) is 0 Å². The van der Waals surface area contributed by atoms with E-state index in [-0.39, 0.29) is 24.8 Å². The molecule has 0 bridgehead atoms. The molecule has 3 aromatic rings. The maximum atomic E-state index is 3.36. The van der Waals surface area contributed by atoms with Crippen LogP contribution in [0.1, 0.15) is 41.5 Å². The first-order chi connectivity index (χ1) is 12.3. The van der Waals surface area contributed by atoms with Crippen LogP contribution in [-0.4, -0.2) is 3.81 Å². The zero-order valence-electron chi connectivity index (χ0n) is 17.5. The molecule has 0 radical (unpaired) electrons. The quantitative estimate of drug-likeness (QED) is 0.359. The molecule has 3 aromatic carbocycles. The molecule has 0 saturated carbocycles. The van der Waals surface area contributed by atoms with Crippen LogP contribution in [0.2, 0.25) is 0 Å². The van der Waals surface area contributed by atoms with Crippen LogP contribution in [0.15, 0.2) is 71.3 Å². The predicted octanol–water partition coefficient (Wildman–Crippen LogP) is 1.19. The average Bonchev–Trinajstić information content (AvgIpc) is 3.08. The fourth-order valence-corrected chi connectivity index (χ4v) is 3.07. The summed E-state index contributed by atoms with van der Waals surface area (Å²) in [6.45, 7) is 12.8. The van der Waals surface area contributed by atoms with Gasteiger partial charge in [0, 0.05) is 0 Å². The van der Waals surface area contributed by atoms with Crippen LogP contribution >= 0.6 is 0 Å². The van der Waals surface area contributed by atoms with E-state index in [4.69, 9.17) is 0 Å². The maximum absolute atomic E-state index is 3.36. The van der Waals surface area contributed by atoms with E-state index in [1.54, 1.807) is 0 Å². The zero-order chi connectivity index (χ0) is 19.3. The molecule has 0 heterocycles. The zero-order valence-corrected chi connectivity index (χ0v) is 20.6. The summed E-state index contributed by atoms with van der Waals surface area (Å²) in [6.07, 6.45) is 3.36. The van der Waals surface area contributed by atoms with Gasteiger partial charge < -0.3 is 24.8 Å². The third-order valence-corrected chi connectivity index (χ3v) is 4.76. The molecule has 0 spiro atoms. The van der Waals surface area contributed by atoms with Gasteiger partial charge in [-0.1, -0.05) is 63.1 Å². The Labute approximate surface area is 194 Å². The van der Waals surface area contributed by atoms with E-state index in [9.17, 15) is 0 Å². The van der Waals surface area contributed by atoms with Crippen molar-refractivity contribution in [3.8, 4) is 0 Å². The van der Waals surface area contributed by atoms with Crippen LogP contribution in [0.5, 0.6) is 0 Å². The molecule has 1 aliphatic rings. The molecule has 0 aliphatic heterocycles. The fourth-order valence-electron chi connectivity index (χ4n) is 3.07. The van der Waals surface area contributed by atoms with E-state index >= 15 is 0 Å². The number of hydrogen-bond donors (Lipinski definition) is 0. The van der Waals surface area contributed by atoms with Gasteiger partial charge in [0.1, 0.15) is 0 Å². The first-order valence-electron chi connectivity index (χ1n) is 9.14. The Morgan fingerprint density at radius 1 is 0.857 bits per heavy atom. The SMILES string of the molecule is CC1=[C-]C(C)C(C)=C1C.C[C](C)=[Ti+2].[Cl-].[Cl-].c1ccc2c(c1)[cH-]c1ccccc12. The van der Waals surface area contributed by atoms with Crippen molar-refractivity contribution >= 4 is 25.4 Å². The Kier molecular flexibility index (Phi) is 12.0. The van der Waals surface area contributed by atoms with Gasteiger partial charge in [-0.2, -0.15) is 11.1 Å². The van der Waals surface area contributed by atoms with Crippen molar-refractivity contribution in [3.05, 3.63) is 77.4 Å². The van der Waals surface area contributed by atoms with Crippen molar-refractivity contribution < 1.29 is 44.8 Å². The number of rotatable bonds is 0. The van der Waals surface area contributed by atoms with E-state index in [1.807, 2.05) is 0 Å². The van der Waals surface area contributed by atoms with Gasteiger partial charge in [0.2, 0.25) is 0 Å². The van der Waals surface area contributed by atoms with Crippen molar-refractivity contribution in [2.24, 2.45) is 5.92 Å². The molecule has 1 atom stereocenters. The van der Waals surface area contributed by atoms with Gasteiger partial charge in [-0.3, -0.25) is 6.08 Å². The Hall–Kier alpha value is -1.05. The Morgan fingerprint density at radius 2 is 1.25 bits per heavy atom. The van der Waals surface area contributed by atoms with Gasteiger partial charge in [-0.15, -0.1) is 46.7 Å². The monoisotopic (exact) mass is 446 g/mol. The molecule has 0 nitrogen and oxygen atoms in total. The summed E-state index contributed by atoms with van der Waals surface area (Å²) in [6, 6.07) is 19.3. The molecular formula is C25H28Cl2Ti-2. The molecule has 28 heavy (non-hydrogen) atoms. The minimum absolute atomic E-state index is 0. The number of allylic oxidation sites excluding steroid dienone is 4. The summed E-state index contributed by atoms with van der Waals surface area (Å²) < 4.78 is 1.42. The van der Waals surface area contributed by atoms with Crippen molar-refractivity contribution in [3.63, 3.8) is 0 Å². The van der Waals surface area contributed by atoms with Crippen LogP contribution in [0.3, 0.4) is 0 Å². The second kappa shape index (κ2) is 12.5. The van der Waals surface area contributed by atoms with Gasteiger partial charge in [0.05, 0.1) is 0 Å². The molecule has 1 aliphatic carbocycles. The molecule has 0 saturated heterocycles. The molecule has 3 heteroatoms. The van der Waals surface area contributed by atoms with E-state index in [1.165, 1.54) is 42.1 Å². The largest absolute Gasteiger partial charge is 1.00 e. The van der Waals surface area contributed by atoms with Crippen molar-refractivity contribution in [1.29, 1.82) is 0 Å². The van der Waals surface area contributed by atoms with Gasteiger partial charge in [0.15, 0.2) is 0 Å². The first-order valence-corrected chi connectivity index (χ1v) is 9.92. The molecular weight excluding hydrogens is 419 g/mol. The molecule has 1 unspecified atom stereocenters. The Bertz CT molecular complexity index is 922. The van der Waals surface area contributed by atoms with E-state index < -0.39 is 0 Å². The van der Waals surface area contributed by atoms with Crippen molar-refractivity contribution in [2.45, 2.75) is 41.5 Å². The number of halogens is 2. The predicted molar refractivity (Wildman–Crippen MR) is 113 cm³/mol. The van der Waals surface area contributed by atoms with Crippen LogP contribution < -0.4 is 24.8 Å². The summed E-state index contributed by atoms with van der Waals surface area (Å²) in [5.41, 5.74) is 4.25. The number of hydrogen-bond acceptors (Lipinski definition) is 0. The minimum Gasteiger partial charge on any atom is -1.00 e. The molecule has 148 valence electrons. The molecule has 4 rings (SSSR count). The smallest absolute Gasteiger partial charge is 0.0771 e. The van der Waals surface area contributed by atoms with Crippen LogP contribution in [-0.2, 0) is 20.0 Å². The van der Waals surface area contributed by atoms with Crippen LogP contribution in [0, 0.1) is 12.0 Å². The average molecular weight is 447 g/mol. The summed E-state index contributed by atoms with van der Waals surface area (Å²) in [5, 5.41) is 5.39. The third-order valence-electron chi connectivity index (χ3n) is 4.76. The second-order valence-electron chi connectivity index (χ2n) is 7.12. The summed E-state index contributed by atoms with van der Waals surface area (Å²) in [7, 11) is 0. The molecule has 0 amide bonds. The third kappa shape index (κ3) is 7.09. The van der Waals surface area contributed by atoms with E-state index in [2.05, 4.69) is 122 Å². The van der Waals surface area contributed by atoms with Gasteiger partial charge in [0.25, 0.3) is 0 Å². The molecule has 0 fully saturated rings. The Morgan fingerprint density at radius 3 is 1.54 bits per heavy atom. The maximum Gasteiger partial charge on any atom is -0.0771 e. The van der Waals surface area contributed by atoms with E-state index in [0.717, 1.165) is 0 Å². The van der Waals surface area contributed by atoms with Crippen molar-refractivity contribution in [2.75, 3.05) is 0 Å². The summed E-state index contributed by atoms with van der Waals surface area (Å²) in [5.74, 6) is 0.560. The van der Waals surface area contributed by atoms with Crippen LogP contribution in [0.25, 0.3) is 21.5 Å². The standard InChI is InChI=1S/C13H9.C9H13.C3H6.2ClH.Ti/c1-3-7-12-10(5-1)9-11-6-2-4-8-13(11)12;1-6-5-7(2)9(4)8(6)3;1-3-2;;;/h1-9H;6H,1-4H3;1-2H3;2*1H;/q2*-1;;;;+2/p-2. The van der Waals surface area contributed by atoms with Gasteiger partial charge in [-0.05, 0) is 0 Å². The first kappa shape index (κ1) is 27.0. The number of benzene rings is 2. The Balaban J connectivity index is 0.000000432. The molecule has 0 aromatic heterocycles. The van der Waals surface area contributed by atoms with E-state index in [0.29, 0.717) is 5.92 Å². The summed E-state index contributed by atoms with van der Waals surface area (Å²) >= 11 is 2.08. The molecule has 0 N–H and O–H groups in total. The fraction of sp³-hybridized carbons (Fsp3) is 0.280.